The number of carbonyl (C=O) groups excluding carboxylic acids is 1. The summed E-state index contributed by atoms with van der Waals surface area (Å²) in [6.45, 7) is 14.3. The van der Waals surface area contributed by atoms with Crippen LogP contribution in [-0.2, 0) is 11.2 Å². The summed E-state index contributed by atoms with van der Waals surface area (Å²) in [5.41, 5.74) is 4.21. The molecule has 0 aromatic heterocycles. The van der Waals surface area contributed by atoms with Gasteiger partial charge < -0.3 is 10.1 Å². The molecule has 0 bridgehead atoms. The fourth-order valence-electron chi connectivity index (χ4n) is 3.96. The van der Waals surface area contributed by atoms with E-state index in [1.54, 1.807) is 13.2 Å². The van der Waals surface area contributed by atoms with Crippen LogP contribution in [0, 0.1) is 0 Å². The fourth-order valence-corrected chi connectivity index (χ4v) is 3.96. The second-order valence-corrected chi connectivity index (χ2v) is 9.20. The van der Waals surface area contributed by atoms with Crippen molar-refractivity contribution >= 4 is 17.7 Å². The Hall–Kier alpha value is -2.59. The van der Waals surface area contributed by atoms with Gasteiger partial charge in [0, 0.05) is 23.8 Å². The number of carbonyl (C=O) groups is 1. The lowest BCUT2D eigenvalue weighted by Crippen LogP contribution is -2.37. The van der Waals surface area contributed by atoms with Crippen LogP contribution in [0.4, 0.5) is 5.69 Å². The van der Waals surface area contributed by atoms with Crippen LogP contribution in [0.15, 0.2) is 48.5 Å². The molecular formula is C28H40N2O2. The predicted octanol–water partition coefficient (Wildman–Crippen LogP) is 6.52. The quantitative estimate of drug-likeness (QED) is 0.408. The van der Waals surface area contributed by atoms with Crippen molar-refractivity contribution in [3.63, 3.8) is 0 Å². The van der Waals surface area contributed by atoms with E-state index in [9.17, 15) is 4.79 Å². The van der Waals surface area contributed by atoms with Crippen LogP contribution in [0.2, 0.25) is 0 Å². The molecule has 0 saturated carbocycles. The molecule has 1 N–H and O–H groups in total. The lowest BCUT2D eigenvalue weighted by Gasteiger charge is -2.30. The molecule has 2 rings (SSSR count). The lowest BCUT2D eigenvalue weighted by molar-refractivity contribution is -0.111. The van der Waals surface area contributed by atoms with E-state index >= 15 is 0 Å². The van der Waals surface area contributed by atoms with Gasteiger partial charge in [0.25, 0.3) is 0 Å². The van der Waals surface area contributed by atoms with Gasteiger partial charge in [-0.2, -0.15) is 0 Å². The predicted molar refractivity (Wildman–Crippen MR) is 136 cm³/mol. The standard InChI is InChI=1S/C28H40N2O2/c1-20(2)24-13-10-23(11-14-24)12-17-28(31)29-26-15-16-27(32-7)25(19-26)9-8-18-30(21(3)4)22(5)6/h10-17,19-22H,8-9,18H2,1-7H3,(H,29,31)/b17-12+. The van der Waals surface area contributed by atoms with Crippen LogP contribution in [0.5, 0.6) is 5.75 Å². The number of nitrogens with zero attached hydrogens (tertiary/aromatic N) is 1. The third-order valence-corrected chi connectivity index (χ3v) is 5.77. The maximum atomic E-state index is 12.4. The molecule has 0 radical (unpaired) electrons. The molecule has 0 saturated heterocycles. The van der Waals surface area contributed by atoms with Crippen molar-refractivity contribution in [3.05, 3.63) is 65.2 Å². The zero-order valence-corrected chi connectivity index (χ0v) is 20.8. The number of hydrogen-bond acceptors (Lipinski definition) is 3. The minimum Gasteiger partial charge on any atom is -0.496 e. The minimum atomic E-state index is -0.139. The fraction of sp³-hybridized carbons (Fsp3) is 0.464. The topological polar surface area (TPSA) is 41.6 Å². The monoisotopic (exact) mass is 436 g/mol. The molecule has 0 aliphatic carbocycles. The molecule has 1 amide bonds. The van der Waals surface area contributed by atoms with Gasteiger partial charge in [0.1, 0.15) is 5.75 Å². The summed E-state index contributed by atoms with van der Waals surface area (Å²) in [5.74, 6) is 1.23. The van der Waals surface area contributed by atoms with Crippen molar-refractivity contribution in [1.29, 1.82) is 0 Å². The van der Waals surface area contributed by atoms with Crippen molar-refractivity contribution in [2.75, 3.05) is 19.0 Å². The Bertz CT molecular complexity index is 875. The van der Waals surface area contributed by atoms with Crippen molar-refractivity contribution in [3.8, 4) is 5.75 Å². The van der Waals surface area contributed by atoms with Crippen LogP contribution in [0.1, 0.15) is 70.6 Å². The van der Waals surface area contributed by atoms with Gasteiger partial charge >= 0.3 is 0 Å². The molecule has 0 heterocycles. The Morgan fingerprint density at radius 1 is 1.00 bits per heavy atom. The minimum absolute atomic E-state index is 0.139. The first-order valence-electron chi connectivity index (χ1n) is 11.7. The second kappa shape index (κ2) is 12.4. The molecule has 2 aromatic rings. The molecule has 0 fully saturated rings. The summed E-state index contributed by atoms with van der Waals surface area (Å²) < 4.78 is 5.55. The molecule has 174 valence electrons. The average Bonchev–Trinajstić information content (AvgIpc) is 2.75. The highest BCUT2D eigenvalue weighted by Crippen LogP contribution is 2.24. The maximum absolute atomic E-state index is 12.4. The van der Waals surface area contributed by atoms with Gasteiger partial charge in [-0.15, -0.1) is 0 Å². The Kier molecular flexibility index (Phi) is 9.98. The van der Waals surface area contributed by atoms with Crippen molar-refractivity contribution in [2.24, 2.45) is 0 Å². The zero-order valence-electron chi connectivity index (χ0n) is 20.8. The Labute approximate surface area is 194 Å². The largest absolute Gasteiger partial charge is 0.496 e. The number of methoxy groups -OCH3 is 1. The van der Waals surface area contributed by atoms with E-state index in [0.717, 1.165) is 42.0 Å². The summed E-state index contributed by atoms with van der Waals surface area (Å²) >= 11 is 0. The molecule has 32 heavy (non-hydrogen) atoms. The summed E-state index contributed by atoms with van der Waals surface area (Å²) in [6, 6.07) is 15.2. The molecule has 2 aromatic carbocycles. The molecule has 0 unspecified atom stereocenters. The highest BCUT2D eigenvalue weighted by molar-refractivity contribution is 6.02. The molecule has 4 nitrogen and oxygen atoms in total. The van der Waals surface area contributed by atoms with E-state index in [2.05, 4.69) is 63.9 Å². The number of hydrogen-bond donors (Lipinski definition) is 1. The van der Waals surface area contributed by atoms with Gasteiger partial charge in [-0.25, -0.2) is 0 Å². The normalized spacial score (nSPS) is 11.8. The van der Waals surface area contributed by atoms with Crippen LogP contribution >= 0.6 is 0 Å². The molecule has 0 spiro atoms. The summed E-state index contributed by atoms with van der Waals surface area (Å²) in [4.78, 5) is 14.9. The number of rotatable bonds is 11. The van der Waals surface area contributed by atoms with E-state index in [1.165, 1.54) is 5.56 Å². The number of benzene rings is 2. The van der Waals surface area contributed by atoms with Crippen molar-refractivity contribution < 1.29 is 9.53 Å². The van der Waals surface area contributed by atoms with Gasteiger partial charge in [-0.05, 0) is 94.0 Å². The van der Waals surface area contributed by atoms with E-state index in [4.69, 9.17) is 4.74 Å². The van der Waals surface area contributed by atoms with Crippen molar-refractivity contribution in [2.45, 2.75) is 72.4 Å². The first kappa shape index (κ1) is 25.7. The van der Waals surface area contributed by atoms with E-state index in [0.29, 0.717) is 18.0 Å². The smallest absolute Gasteiger partial charge is 0.248 e. The van der Waals surface area contributed by atoms with Gasteiger partial charge in [-0.3, -0.25) is 9.69 Å². The van der Waals surface area contributed by atoms with Crippen LogP contribution in [-0.4, -0.2) is 36.5 Å². The molecule has 0 aliphatic rings. The second-order valence-electron chi connectivity index (χ2n) is 9.20. The van der Waals surface area contributed by atoms with Gasteiger partial charge in [-0.1, -0.05) is 38.1 Å². The number of amides is 1. The van der Waals surface area contributed by atoms with E-state index in [1.807, 2.05) is 36.4 Å². The van der Waals surface area contributed by atoms with Gasteiger partial charge in [0.05, 0.1) is 7.11 Å². The first-order valence-corrected chi connectivity index (χ1v) is 11.7. The van der Waals surface area contributed by atoms with Crippen molar-refractivity contribution in [1.82, 2.24) is 4.90 Å². The molecule has 0 atom stereocenters. The highest BCUT2D eigenvalue weighted by Gasteiger charge is 2.13. The van der Waals surface area contributed by atoms with E-state index in [-0.39, 0.29) is 5.91 Å². The Morgan fingerprint density at radius 2 is 1.66 bits per heavy atom. The van der Waals surface area contributed by atoms with Gasteiger partial charge in [0.2, 0.25) is 5.91 Å². The third kappa shape index (κ3) is 7.83. The summed E-state index contributed by atoms with van der Waals surface area (Å²) in [6.07, 6.45) is 5.37. The number of aryl methyl sites for hydroxylation is 1. The number of nitrogens with one attached hydrogen (secondary N) is 1. The molecule has 4 heteroatoms. The maximum Gasteiger partial charge on any atom is 0.248 e. The van der Waals surface area contributed by atoms with Crippen LogP contribution < -0.4 is 10.1 Å². The summed E-state index contributed by atoms with van der Waals surface area (Å²) in [5, 5.41) is 2.98. The lowest BCUT2D eigenvalue weighted by atomic mass is 10.0. The Morgan fingerprint density at radius 3 is 2.22 bits per heavy atom. The van der Waals surface area contributed by atoms with Crippen LogP contribution in [0.25, 0.3) is 6.08 Å². The van der Waals surface area contributed by atoms with E-state index < -0.39 is 0 Å². The SMILES string of the molecule is COc1ccc(NC(=O)/C=C/c2ccc(C(C)C)cc2)cc1CCCN(C(C)C)C(C)C. The van der Waals surface area contributed by atoms with Crippen LogP contribution in [0.3, 0.4) is 0 Å². The Balaban J connectivity index is 2.00. The highest BCUT2D eigenvalue weighted by atomic mass is 16.5. The molecule has 0 aliphatic heterocycles. The number of ether oxygens (including phenoxy) is 1. The summed E-state index contributed by atoms with van der Waals surface area (Å²) in [7, 11) is 1.69. The zero-order chi connectivity index (χ0) is 23.7. The third-order valence-electron chi connectivity index (χ3n) is 5.77. The average molecular weight is 437 g/mol. The van der Waals surface area contributed by atoms with Gasteiger partial charge in [0.15, 0.2) is 0 Å². The first-order chi connectivity index (χ1) is 15.2. The molecular weight excluding hydrogens is 396 g/mol. The number of anilines is 1.